The largest absolute Gasteiger partial charge is 0.398 e. The van der Waals surface area contributed by atoms with E-state index in [0.717, 1.165) is 16.8 Å². The summed E-state index contributed by atoms with van der Waals surface area (Å²) in [5, 5.41) is 3.08. The van der Waals surface area contributed by atoms with E-state index in [1.165, 1.54) is 12.1 Å². The van der Waals surface area contributed by atoms with Crippen molar-refractivity contribution in [2.45, 2.75) is 6.92 Å². The Labute approximate surface area is 135 Å². The van der Waals surface area contributed by atoms with Crippen LogP contribution in [0.3, 0.4) is 0 Å². The molecule has 0 saturated carbocycles. The molecule has 4 heteroatoms. The molecule has 2 aromatic rings. The first-order valence-electron chi connectivity index (χ1n) is 7.17. The third-order valence-corrected chi connectivity index (χ3v) is 3.24. The Kier molecular flexibility index (Phi) is 5.20. The zero-order valence-electron chi connectivity index (χ0n) is 13.0. The van der Waals surface area contributed by atoms with E-state index in [4.69, 9.17) is 11.5 Å². The number of hydrogen-bond donors (Lipinski definition) is 3. The van der Waals surface area contributed by atoms with Crippen molar-refractivity contribution in [2.75, 3.05) is 5.32 Å². The van der Waals surface area contributed by atoms with E-state index in [1.54, 1.807) is 24.3 Å². The number of nitrogens with one attached hydrogen (secondary N) is 1. The minimum absolute atomic E-state index is 0.328. The molecule has 5 N–H and O–H groups in total. The van der Waals surface area contributed by atoms with Crippen molar-refractivity contribution >= 4 is 17.0 Å². The first-order chi connectivity index (χ1) is 11.0. The summed E-state index contributed by atoms with van der Waals surface area (Å²) in [6.45, 7) is 5.86. The third-order valence-electron chi connectivity index (χ3n) is 3.24. The van der Waals surface area contributed by atoms with Crippen LogP contribution in [0.2, 0.25) is 0 Å². The van der Waals surface area contributed by atoms with Crippen LogP contribution >= 0.6 is 0 Å². The molecule has 0 aliphatic heterocycles. The molecule has 0 unspecified atom stereocenters. The maximum absolute atomic E-state index is 13.2. The molecule has 2 aromatic carbocycles. The fourth-order valence-electron chi connectivity index (χ4n) is 2.01. The summed E-state index contributed by atoms with van der Waals surface area (Å²) in [5.41, 5.74) is 15.8. The second kappa shape index (κ2) is 7.31. The van der Waals surface area contributed by atoms with Crippen LogP contribution in [0, 0.1) is 5.82 Å². The number of hydrogen-bond acceptors (Lipinski definition) is 3. The molecule has 0 aliphatic carbocycles. The molecular weight excluding hydrogens is 289 g/mol. The van der Waals surface area contributed by atoms with Gasteiger partial charge in [0.15, 0.2) is 0 Å². The number of rotatable bonds is 5. The van der Waals surface area contributed by atoms with E-state index in [0.29, 0.717) is 17.1 Å². The summed E-state index contributed by atoms with van der Waals surface area (Å²) in [7, 11) is 0. The summed E-state index contributed by atoms with van der Waals surface area (Å²) in [5.74, 6) is 0.105. The molecule has 0 radical (unpaired) electrons. The first kappa shape index (κ1) is 16.4. The van der Waals surface area contributed by atoms with E-state index >= 15 is 0 Å². The zero-order valence-corrected chi connectivity index (χ0v) is 13.0. The highest BCUT2D eigenvalue weighted by atomic mass is 19.1. The van der Waals surface area contributed by atoms with Crippen LogP contribution in [0.1, 0.15) is 18.1 Å². The monoisotopic (exact) mass is 309 g/mol. The quantitative estimate of drug-likeness (QED) is 0.729. The zero-order chi connectivity index (χ0) is 16.8. The highest BCUT2D eigenvalue weighted by Crippen LogP contribution is 2.17. The fraction of sp³-hybridized carbons (Fsp3) is 0.0526. The second-order valence-corrected chi connectivity index (χ2v) is 5.24. The van der Waals surface area contributed by atoms with Crippen LogP contribution in [0.4, 0.5) is 10.1 Å². The molecule has 0 saturated heterocycles. The molecule has 0 fully saturated rings. The van der Waals surface area contributed by atoms with E-state index in [-0.39, 0.29) is 5.82 Å². The van der Waals surface area contributed by atoms with Gasteiger partial charge >= 0.3 is 0 Å². The van der Waals surface area contributed by atoms with Crippen LogP contribution < -0.4 is 16.8 Å². The molecule has 3 nitrogen and oxygen atoms in total. The molecule has 0 amide bonds. The smallest absolute Gasteiger partial charge is 0.123 e. The standard InChI is InChI=1S/C19H20FN3/c1-13(2)14-5-4-8-17(12-14)23-19(22)10-9-18(21)15-6-3-7-16(20)11-15/h3-12,23H,1,21-22H2,2H3/b18-9-,19-10+. The third kappa shape index (κ3) is 4.74. The number of nitrogens with two attached hydrogens (primary N) is 2. The van der Waals surface area contributed by atoms with Crippen molar-refractivity contribution in [1.82, 2.24) is 0 Å². The Morgan fingerprint density at radius 1 is 1.04 bits per heavy atom. The van der Waals surface area contributed by atoms with Crippen molar-refractivity contribution < 1.29 is 4.39 Å². The van der Waals surface area contributed by atoms with Gasteiger partial charge < -0.3 is 16.8 Å². The van der Waals surface area contributed by atoms with Gasteiger partial charge in [0.2, 0.25) is 0 Å². The Balaban J connectivity index is 2.12. The lowest BCUT2D eigenvalue weighted by atomic mass is 10.1. The van der Waals surface area contributed by atoms with Gasteiger partial charge in [-0.05, 0) is 48.9 Å². The SMILES string of the molecule is C=C(C)c1cccc(N/C(N)=C/C=C(\N)c2cccc(F)c2)c1. The first-order valence-corrected chi connectivity index (χ1v) is 7.17. The Morgan fingerprint density at radius 3 is 2.43 bits per heavy atom. The van der Waals surface area contributed by atoms with Gasteiger partial charge in [-0.2, -0.15) is 0 Å². The average molecular weight is 309 g/mol. The number of allylic oxidation sites excluding steroid dienone is 3. The maximum Gasteiger partial charge on any atom is 0.123 e. The summed E-state index contributed by atoms with van der Waals surface area (Å²) in [4.78, 5) is 0. The molecule has 0 aromatic heterocycles. The summed E-state index contributed by atoms with van der Waals surface area (Å²) in [6, 6.07) is 13.9. The lowest BCUT2D eigenvalue weighted by molar-refractivity contribution is 0.627. The Morgan fingerprint density at radius 2 is 1.74 bits per heavy atom. The average Bonchev–Trinajstić information content (AvgIpc) is 2.53. The highest BCUT2D eigenvalue weighted by Gasteiger charge is 1.99. The van der Waals surface area contributed by atoms with Crippen LogP contribution in [-0.2, 0) is 0 Å². The number of halogens is 1. The minimum atomic E-state index is -0.328. The lowest BCUT2D eigenvalue weighted by Gasteiger charge is -2.08. The molecule has 118 valence electrons. The molecule has 23 heavy (non-hydrogen) atoms. The number of benzene rings is 2. The van der Waals surface area contributed by atoms with Gasteiger partial charge in [-0.15, -0.1) is 0 Å². The van der Waals surface area contributed by atoms with Gasteiger partial charge in [0.1, 0.15) is 11.6 Å². The maximum atomic E-state index is 13.2. The van der Waals surface area contributed by atoms with Crippen LogP contribution in [0.15, 0.2) is 73.1 Å². The lowest BCUT2D eigenvalue weighted by Crippen LogP contribution is -2.09. The fourth-order valence-corrected chi connectivity index (χ4v) is 2.01. The molecule has 0 heterocycles. The topological polar surface area (TPSA) is 64.1 Å². The minimum Gasteiger partial charge on any atom is -0.398 e. The molecule has 0 atom stereocenters. The normalized spacial score (nSPS) is 12.1. The van der Waals surface area contributed by atoms with Crippen LogP contribution in [0.25, 0.3) is 11.3 Å². The highest BCUT2D eigenvalue weighted by molar-refractivity contribution is 5.67. The predicted molar refractivity (Wildman–Crippen MR) is 95.6 cm³/mol. The summed E-state index contributed by atoms with van der Waals surface area (Å²) >= 11 is 0. The van der Waals surface area contributed by atoms with Crippen molar-refractivity contribution in [3.8, 4) is 0 Å². The van der Waals surface area contributed by atoms with Crippen molar-refractivity contribution in [2.24, 2.45) is 11.5 Å². The van der Waals surface area contributed by atoms with E-state index < -0.39 is 0 Å². The van der Waals surface area contributed by atoms with Crippen molar-refractivity contribution in [3.63, 3.8) is 0 Å². The van der Waals surface area contributed by atoms with Crippen molar-refractivity contribution in [3.05, 3.63) is 90.0 Å². The molecule has 0 bridgehead atoms. The van der Waals surface area contributed by atoms with Gasteiger partial charge in [0.25, 0.3) is 0 Å². The van der Waals surface area contributed by atoms with Crippen molar-refractivity contribution in [1.29, 1.82) is 0 Å². The van der Waals surface area contributed by atoms with Gasteiger partial charge in [0, 0.05) is 16.9 Å². The Bertz CT molecular complexity index is 776. The summed E-state index contributed by atoms with van der Waals surface area (Å²) in [6.07, 6.45) is 3.29. The second-order valence-electron chi connectivity index (χ2n) is 5.24. The van der Waals surface area contributed by atoms with Gasteiger partial charge in [-0.25, -0.2) is 4.39 Å². The molecule has 0 spiro atoms. The predicted octanol–water partition coefficient (Wildman–Crippen LogP) is 4.07. The van der Waals surface area contributed by atoms with Crippen LogP contribution in [0.5, 0.6) is 0 Å². The van der Waals surface area contributed by atoms with Crippen LogP contribution in [-0.4, -0.2) is 0 Å². The molecule has 0 aliphatic rings. The van der Waals surface area contributed by atoms with E-state index in [9.17, 15) is 4.39 Å². The Hall–Kier alpha value is -3.01. The van der Waals surface area contributed by atoms with Gasteiger partial charge in [-0.1, -0.05) is 36.4 Å². The number of anilines is 1. The summed E-state index contributed by atoms with van der Waals surface area (Å²) < 4.78 is 13.2. The molecular formula is C19H20FN3. The van der Waals surface area contributed by atoms with E-state index in [2.05, 4.69) is 11.9 Å². The van der Waals surface area contributed by atoms with Gasteiger partial charge in [0.05, 0.1) is 0 Å². The van der Waals surface area contributed by atoms with E-state index in [1.807, 2.05) is 31.2 Å². The molecule has 2 rings (SSSR count). The van der Waals surface area contributed by atoms with Gasteiger partial charge in [-0.3, -0.25) is 0 Å².